The Morgan fingerprint density at radius 1 is 1.03 bits per heavy atom. The van der Waals surface area contributed by atoms with Crippen molar-refractivity contribution in [3.8, 4) is 5.75 Å². The Morgan fingerprint density at radius 2 is 1.71 bits per heavy atom. The van der Waals surface area contributed by atoms with Gasteiger partial charge >= 0.3 is 0 Å². The molecular formula is C24H28N2O4S. The zero-order valence-electron chi connectivity index (χ0n) is 18.0. The molecule has 0 aromatic heterocycles. The molecule has 0 heterocycles. The molecular weight excluding hydrogens is 412 g/mol. The van der Waals surface area contributed by atoms with Crippen molar-refractivity contribution in [3.63, 3.8) is 0 Å². The van der Waals surface area contributed by atoms with Crippen molar-refractivity contribution >= 4 is 32.4 Å². The largest absolute Gasteiger partial charge is 0.491 e. The maximum Gasteiger partial charge on any atom is 0.243 e. The first-order valence-corrected chi connectivity index (χ1v) is 12.1. The predicted octanol–water partition coefficient (Wildman–Crippen LogP) is 3.75. The molecule has 0 radical (unpaired) electrons. The van der Waals surface area contributed by atoms with Gasteiger partial charge in [0.25, 0.3) is 0 Å². The first-order valence-electron chi connectivity index (χ1n) is 10.3. The fourth-order valence-corrected chi connectivity index (χ4v) is 4.67. The lowest BCUT2D eigenvalue weighted by molar-refractivity contribution is -0.121. The van der Waals surface area contributed by atoms with Gasteiger partial charge in [0.05, 0.1) is 18.5 Å². The number of hydrogen-bond donors (Lipinski definition) is 1. The lowest BCUT2D eigenvalue weighted by Gasteiger charge is -2.28. The molecule has 6 nitrogen and oxygen atoms in total. The third-order valence-corrected chi connectivity index (χ3v) is 6.34. The summed E-state index contributed by atoms with van der Waals surface area (Å²) >= 11 is 0. The zero-order valence-corrected chi connectivity index (χ0v) is 18.9. The number of aryl methyl sites for hydroxylation is 1. The number of nitrogens with one attached hydrogen (secondary N) is 1. The van der Waals surface area contributed by atoms with Gasteiger partial charge in [0.1, 0.15) is 18.4 Å². The van der Waals surface area contributed by atoms with E-state index in [9.17, 15) is 13.2 Å². The number of sulfonamides is 1. The van der Waals surface area contributed by atoms with Crippen LogP contribution in [0.1, 0.15) is 19.4 Å². The van der Waals surface area contributed by atoms with Gasteiger partial charge in [0, 0.05) is 5.39 Å². The molecule has 1 atom stereocenters. The van der Waals surface area contributed by atoms with Gasteiger partial charge in [-0.2, -0.15) is 0 Å². The Balaban J connectivity index is 1.62. The second-order valence-corrected chi connectivity index (χ2v) is 9.23. The maximum atomic E-state index is 12.7. The van der Waals surface area contributed by atoms with Gasteiger partial charge in [-0.15, -0.1) is 0 Å². The molecule has 0 spiro atoms. The Labute approximate surface area is 183 Å². The molecule has 0 saturated carbocycles. The monoisotopic (exact) mass is 440 g/mol. The molecule has 0 saturated heterocycles. The number of rotatable bonds is 9. The van der Waals surface area contributed by atoms with Crippen molar-refractivity contribution in [2.45, 2.75) is 26.3 Å². The van der Waals surface area contributed by atoms with Gasteiger partial charge in [-0.05, 0) is 42.5 Å². The van der Waals surface area contributed by atoms with Crippen molar-refractivity contribution in [3.05, 3.63) is 72.3 Å². The third-order valence-electron chi connectivity index (χ3n) is 5.10. The van der Waals surface area contributed by atoms with Crippen molar-refractivity contribution < 1.29 is 17.9 Å². The van der Waals surface area contributed by atoms with Crippen LogP contribution in [0, 0.1) is 0 Å². The number of nitrogens with zero attached hydrogens (tertiary/aromatic N) is 1. The Kier molecular flexibility index (Phi) is 7.17. The van der Waals surface area contributed by atoms with Gasteiger partial charge in [-0.25, -0.2) is 8.42 Å². The summed E-state index contributed by atoms with van der Waals surface area (Å²) in [6, 6.07) is 20.1. The minimum absolute atomic E-state index is 0.263. The molecule has 3 aromatic carbocycles. The number of amides is 1. The van der Waals surface area contributed by atoms with E-state index in [-0.39, 0.29) is 19.1 Å². The molecule has 1 unspecified atom stereocenters. The topological polar surface area (TPSA) is 75.7 Å². The van der Waals surface area contributed by atoms with Gasteiger partial charge in [-0.3, -0.25) is 9.10 Å². The minimum atomic E-state index is -3.64. The number of fused-ring (bicyclic) bond motifs is 1. The van der Waals surface area contributed by atoms with Gasteiger partial charge < -0.3 is 10.1 Å². The smallest absolute Gasteiger partial charge is 0.243 e. The molecule has 164 valence electrons. The number of benzene rings is 3. The van der Waals surface area contributed by atoms with Gasteiger partial charge in [0.15, 0.2) is 0 Å². The highest BCUT2D eigenvalue weighted by atomic mass is 32.2. The first kappa shape index (κ1) is 22.6. The number of anilines is 1. The van der Waals surface area contributed by atoms with Crippen LogP contribution in [0.25, 0.3) is 10.8 Å². The Hall–Kier alpha value is -3.06. The standard InChI is InChI=1S/C24H28N2O4S/c1-4-19-12-14-21(15-13-19)26(31(3,28)29)18(2)24(27)25-16-17-30-23-11-7-9-20-8-5-6-10-22(20)23/h5-15,18H,4,16-17H2,1-3H3,(H,25,27). The molecule has 0 aliphatic rings. The highest BCUT2D eigenvalue weighted by Crippen LogP contribution is 2.25. The quantitative estimate of drug-likeness (QED) is 0.514. The molecule has 7 heteroatoms. The van der Waals surface area contributed by atoms with E-state index in [4.69, 9.17) is 4.74 Å². The van der Waals surface area contributed by atoms with Crippen LogP contribution in [-0.2, 0) is 21.2 Å². The van der Waals surface area contributed by atoms with Crippen molar-refractivity contribution in [2.24, 2.45) is 0 Å². The molecule has 1 N–H and O–H groups in total. The van der Waals surface area contributed by atoms with Crippen LogP contribution < -0.4 is 14.4 Å². The lowest BCUT2D eigenvalue weighted by atomic mass is 10.1. The average Bonchev–Trinajstić information content (AvgIpc) is 2.76. The first-order chi connectivity index (χ1) is 14.8. The average molecular weight is 441 g/mol. The van der Waals surface area contributed by atoms with Crippen molar-refractivity contribution in [1.29, 1.82) is 0 Å². The van der Waals surface area contributed by atoms with Gasteiger partial charge in [-0.1, -0.05) is 55.5 Å². The second kappa shape index (κ2) is 9.83. The summed E-state index contributed by atoms with van der Waals surface area (Å²) in [6.07, 6.45) is 1.96. The molecule has 3 rings (SSSR count). The third kappa shape index (κ3) is 5.55. The van der Waals surface area contributed by atoms with E-state index >= 15 is 0 Å². The number of ether oxygens (including phenoxy) is 1. The second-order valence-electron chi connectivity index (χ2n) is 7.37. The van der Waals surface area contributed by atoms with Crippen LogP contribution in [0.4, 0.5) is 5.69 Å². The molecule has 0 fully saturated rings. The van der Waals surface area contributed by atoms with Crippen LogP contribution in [0.5, 0.6) is 5.75 Å². The SMILES string of the molecule is CCc1ccc(N(C(C)C(=O)NCCOc2cccc3ccccc23)S(C)(=O)=O)cc1. The van der Waals surface area contributed by atoms with E-state index in [1.54, 1.807) is 19.1 Å². The minimum Gasteiger partial charge on any atom is -0.491 e. The highest BCUT2D eigenvalue weighted by molar-refractivity contribution is 7.92. The molecule has 31 heavy (non-hydrogen) atoms. The van der Waals surface area contributed by atoms with Gasteiger partial charge in [0.2, 0.25) is 15.9 Å². The van der Waals surface area contributed by atoms with Crippen LogP contribution in [-0.4, -0.2) is 39.8 Å². The highest BCUT2D eigenvalue weighted by Gasteiger charge is 2.28. The Bertz CT molecular complexity index is 1140. The van der Waals surface area contributed by atoms with E-state index in [0.29, 0.717) is 5.69 Å². The summed E-state index contributed by atoms with van der Waals surface area (Å²) in [5.74, 6) is 0.362. The summed E-state index contributed by atoms with van der Waals surface area (Å²) in [6.45, 7) is 4.14. The van der Waals surface area contributed by atoms with E-state index in [2.05, 4.69) is 5.32 Å². The molecule has 0 aliphatic carbocycles. The summed E-state index contributed by atoms with van der Waals surface area (Å²) < 4.78 is 31.8. The normalized spacial score (nSPS) is 12.4. The number of carbonyl (C=O) groups excluding carboxylic acids is 1. The van der Waals surface area contributed by atoms with Crippen LogP contribution >= 0.6 is 0 Å². The van der Waals surface area contributed by atoms with E-state index in [1.165, 1.54) is 0 Å². The molecule has 0 aliphatic heterocycles. The summed E-state index contributed by atoms with van der Waals surface area (Å²) in [5.41, 5.74) is 1.56. The molecule has 0 bridgehead atoms. The van der Waals surface area contributed by atoms with Crippen molar-refractivity contribution in [1.82, 2.24) is 5.32 Å². The predicted molar refractivity (Wildman–Crippen MR) is 125 cm³/mol. The fourth-order valence-electron chi connectivity index (χ4n) is 3.49. The maximum absolute atomic E-state index is 12.7. The van der Waals surface area contributed by atoms with Crippen LogP contribution in [0.3, 0.4) is 0 Å². The Morgan fingerprint density at radius 3 is 2.39 bits per heavy atom. The van der Waals surface area contributed by atoms with Crippen LogP contribution in [0.2, 0.25) is 0 Å². The van der Waals surface area contributed by atoms with E-state index in [1.807, 2.05) is 61.5 Å². The summed E-state index contributed by atoms with van der Waals surface area (Å²) in [5, 5.41) is 4.86. The number of hydrogen-bond acceptors (Lipinski definition) is 4. The number of carbonyl (C=O) groups is 1. The van der Waals surface area contributed by atoms with E-state index < -0.39 is 16.1 Å². The van der Waals surface area contributed by atoms with E-state index in [0.717, 1.165) is 39.1 Å². The van der Waals surface area contributed by atoms with Crippen LogP contribution in [0.15, 0.2) is 66.7 Å². The molecule has 1 amide bonds. The summed E-state index contributed by atoms with van der Waals surface area (Å²) in [7, 11) is -3.64. The lowest BCUT2D eigenvalue weighted by Crippen LogP contribution is -2.48. The zero-order chi connectivity index (χ0) is 22.4. The fraction of sp³-hybridized carbons (Fsp3) is 0.292. The van der Waals surface area contributed by atoms with Crippen molar-refractivity contribution in [2.75, 3.05) is 23.7 Å². The summed E-state index contributed by atoms with van der Waals surface area (Å²) in [4.78, 5) is 12.7. The molecule has 3 aromatic rings.